The van der Waals surface area contributed by atoms with Crippen LogP contribution in [-0.2, 0) is 0 Å². The molecule has 1 unspecified atom stereocenters. The van der Waals surface area contributed by atoms with Crippen LogP contribution >= 0.6 is 11.8 Å². The predicted molar refractivity (Wildman–Crippen MR) is 75.4 cm³/mol. The lowest BCUT2D eigenvalue weighted by Gasteiger charge is -2.12. The van der Waals surface area contributed by atoms with E-state index in [1.165, 1.54) is 0 Å². The molecule has 0 aliphatic carbocycles. The first-order valence-corrected chi connectivity index (χ1v) is 6.78. The van der Waals surface area contributed by atoms with Crippen LogP contribution in [0.25, 0.3) is 11.0 Å². The smallest absolute Gasteiger partial charge is 0.169 e. The van der Waals surface area contributed by atoms with Crippen LogP contribution in [0.5, 0.6) is 0 Å². The van der Waals surface area contributed by atoms with Crippen LogP contribution in [0.2, 0.25) is 0 Å². The second-order valence-corrected chi connectivity index (χ2v) is 5.15. The van der Waals surface area contributed by atoms with Gasteiger partial charge in [0.1, 0.15) is 0 Å². The van der Waals surface area contributed by atoms with E-state index in [4.69, 9.17) is 5.73 Å². The summed E-state index contributed by atoms with van der Waals surface area (Å²) in [5, 5.41) is 3.75. The van der Waals surface area contributed by atoms with Gasteiger partial charge in [0.2, 0.25) is 0 Å². The molecular formula is C12H16N4S. The molecular weight excluding hydrogens is 232 g/mol. The zero-order valence-electron chi connectivity index (χ0n) is 9.97. The predicted octanol–water partition coefficient (Wildman–Crippen LogP) is 2.38. The molecule has 0 fully saturated rings. The summed E-state index contributed by atoms with van der Waals surface area (Å²) in [6.07, 6.45) is 2.09. The number of nitrogen functional groups attached to an aromatic ring is 1. The molecule has 0 bridgehead atoms. The van der Waals surface area contributed by atoms with Crippen LogP contribution in [0.3, 0.4) is 0 Å². The molecule has 0 saturated heterocycles. The van der Waals surface area contributed by atoms with E-state index in [2.05, 4.69) is 28.5 Å². The standard InChI is InChI=1S/C12H16N4S/c1-8(17-2)7-14-12-11(13)15-9-5-3-4-6-10(9)16-12/h3-6,8H,7H2,1-2H3,(H2,13,15)(H,14,16). The van der Waals surface area contributed by atoms with E-state index in [0.717, 1.165) is 17.6 Å². The largest absolute Gasteiger partial charge is 0.381 e. The maximum Gasteiger partial charge on any atom is 0.169 e. The number of hydrogen-bond donors (Lipinski definition) is 2. The Balaban J connectivity index is 2.25. The lowest BCUT2D eigenvalue weighted by atomic mass is 10.3. The zero-order valence-corrected chi connectivity index (χ0v) is 10.8. The second-order valence-electron chi connectivity index (χ2n) is 3.87. The highest BCUT2D eigenvalue weighted by Gasteiger charge is 2.06. The molecule has 1 heterocycles. The summed E-state index contributed by atoms with van der Waals surface area (Å²) in [7, 11) is 0. The molecule has 17 heavy (non-hydrogen) atoms. The van der Waals surface area contributed by atoms with Crippen molar-refractivity contribution in [1.82, 2.24) is 9.97 Å². The SMILES string of the molecule is CSC(C)CNc1nc2ccccc2nc1N. The van der Waals surface area contributed by atoms with Gasteiger partial charge in [-0.15, -0.1) is 0 Å². The van der Waals surface area contributed by atoms with Gasteiger partial charge in [0.05, 0.1) is 11.0 Å². The van der Waals surface area contributed by atoms with Crippen LogP contribution in [0.15, 0.2) is 24.3 Å². The van der Waals surface area contributed by atoms with Crippen molar-refractivity contribution in [3.63, 3.8) is 0 Å². The number of thioether (sulfide) groups is 1. The van der Waals surface area contributed by atoms with Gasteiger partial charge >= 0.3 is 0 Å². The van der Waals surface area contributed by atoms with Crippen molar-refractivity contribution in [3.8, 4) is 0 Å². The molecule has 0 aliphatic rings. The Morgan fingerprint density at radius 2 is 1.94 bits per heavy atom. The summed E-state index contributed by atoms with van der Waals surface area (Å²) in [5.74, 6) is 1.13. The van der Waals surface area contributed by atoms with E-state index >= 15 is 0 Å². The van der Waals surface area contributed by atoms with Crippen LogP contribution in [0, 0.1) is 0 Å². The lowest BCUT2D eigenvalue weighted by Crippen LogP contribution is -2.15. The van der Waals surface area contributed by atoms with Crippen molar-refractivity contribution in [1.29, 1.82) is 0 Å². The monoisotopic (exact) mass is 248 g/mol. The number of anilines is 2. The molecule has 1 aromatic heterocycles. The molecule has 0 amide bonds. The molecule has 5 heteroatoms. The van der Waals surface area contributed by atoms with Crippen molar-refractivity contribution in [3.05, 3.63) is 24.3 Å². The fraction of sp³-hybridized carbons (Fsp3) is 0.333. The molecule has 0 spiro atoms. The Labute approximate surface area is 105 Å². The number of nitrogens with zero attached hydrogens (tertiary/aromatic N) is 2. The van der Waals surface area contributed by atoms with Gasteiger partial charge in [0, 0.05) is 11.8 Å². The first-order chi connectivity index (χ1) is 8.20. The minimum atomic E-state index is 0.456. The third kappa shape index (κ3) is 2.79. The van der Waals surface area contributed by atoms with Gasteiger partial charge in [-0.05, 0) is 18.4 Å². The maximum absolute atomic E-state index is 5.87. The molecule has 3 N–H and O–H groups in total. The highest BCUT2D eigenvalue weighted by molar-refractivity contribution is 7.99. The molecule has 2 aromatic rings. The van der Waals surface area contributed by atoms with Crippen molar-refractivity contribution >= 4 is 34.4 Å². The van der Waals surface area contributed by atoms with E-state index in [-0.39, 0.29) is 0 Å². The molecule has 0 aliphatic heterocycles. The van der Waals surface area contributed by atoms with Gasteiger partial charge in [0.25, 0.3) is 0 Å². The van der Waals surface area contributed by atoms with Gasteiger partial charge in [0.15, 0.2) is 11.6 Å². The Hall–Kier alpha value is -1.49. The number of fused-ring (bicyclic) bond motifs is 1. The molecule has 1 atom stereocenters. The van der Waals surface area contributed by atoms with Crippen LogP contribution in [0.1, 0.15) is 6.92 Å². The fourth-order valence-electron chi connectivity index (χ4n) is 1.47. The first kappa shape index (κ1) is 12.0. The van der Waals surface area contributed by atoms with Crippen LogP contribution in [0.4, 0.5) is 11.6 Å². The summed E-state index contributed by atoms with van der Waals surface area (Å²) < 4.78 is 0. The minimum absolute atomic E-state index is 0.456. The lowest BCUT2D eigenvalue weighted by molar-refractivity contribution is 0.992. The topological polar surface area (TPSA) is 63.8 Å². The minimum Gasteiger partial charge on any atom is -0.381 e. The van der Waals surface area contributed by atoms with E-state index in [9.17, 15) is 0 Å². The molecule has 2 rings (SSSR count). The normalized spacial score (nSPS) is 12.6. The highest BCUT2D eigenvalue weighted by Crippen LogP contribution is 2.18. The number of nitrogens with two attached hydrogens (primary N) is 1. The van der Waals surface area contributed by atoms with Crippen molar-refractivity contribution in [2.24, 2.45) is 0 Å². The van der Waals surface area contributed by atoms with E-state index < -0.39 is 0 Å². The number of aromatic nitrogens is 2. The number of benzene rings is 1. The summed E-state index contributed by atoms with van der Waals surface area (Å²) >= 11 is 1.80. The van der Waals surface area contributed by atoms with Crippen molar-refractivity contribution in [2.75, 3.05) is 23.9 Å². The Morgan fingerprint density at radius 1 is 1.29 bits per heavy atom. The van der Waals surface area contributed by atoms with Crippen LogP contribution in [-0.4, -0.2) is 28.0 Å². The third-order valence-corrected chi connectivity index (χ3v) is 3.53. The summed E-state index contributed by atoms with van der Waals surface area (Å²) in [6.45, 7) is 2.99. The van der Waals surface area contributed by atoms with Gasteiger partial charge in [-0.3, -0.25) is 0 Å². The Morgan fingerprint density at radius 3 is 2.59 bits per heavy atom. The van der Waals surface area contributed by atoms with Gasteiger partial charge < -0.3 is 11.1 Å². The average molecular weight is 248 g/mol. The molecule has 4 nitrogen and oxygen atoms in total. The van der Waals surface area contributed by atoms with E-state index in [1.807, 2.05) is 24.3 Å². The quantitative estimate of drug-likeness (QED) is 0.869. The van der Waals surface area contributed by atoms with Gasteiger partial charge in [-0.25, -0.2) is 9.97 Å². The number of nitrogens with one attached hydrogen (secondary N) is 1. The van der Waals surface area contributed by atoms with Gasteiger partial charge in [-0.1, -0.05) is 19.1 Å². The van der Waals surface area contributed by atoms with Gasteiger partial charge in [-0.2, -0.15) is 11.8 Å². The second kappa shape index (κ2) is 5.23. The van der Waals surface area contributed by atoms with Crippen molar-refractivity contribution in [2.45, 2.75) is 12.2 Å². The molecule has 0 radical (unpaired) electrons. The fourth-order valence-corrected chi connectivity index (χ4v) is 1.72. The summed E-state index contributed by atoms with van der Waals surface area (Å²) in [6, 6.07) is 7.72. The molecule has 90 valence electrons. The van der Waals surface area contributed by atoms with E-state index in [0.29, 0.717) is 16.9 Å². The zero-order chi connectivity index (χ0) is 12.3. The summed E-state index contributed by atoms with van der Waals surface area (Å²) in [5.41, 5.74) is 7.56. The summed E-state index contributed by atoms with van der Waals surface area (Å²) in [4.78, 5) is 8.80. The first-order valence-electron chi connectivity index (χ1n) is 5.49. The number of hydrogen-bond acceptors (Lipinski definition) is 5. The van der Waals surface area contributed by atoms with Crippen molar-refractivity contribution < 1.29 is 0 Å². The highest BCUT2D eigenvalue weighted by atomic mass is 32.2. The molecule has 0 saturated carbocycles. The Bertz CT molecular complexity index is 515. The molecule has 1 aromatic carbocycles. The third-order valence-electron chi connectivity index (χ3n) is 2.56. The number of para-hydroxylation sites is 2. The van der Waals surface area contributed by atoms with Crippen LogP contribution < -0.4 is 11.1 Å². The average Bonchev–Trinajstić information content (AvgIpc) is 2.35. The van der Waals surface area contributed by atoms with E-state index in [1.54, 1.807) is 11.8 Å². The maximum atomic E-state index is 5.87. The Kier molecular flexibility index (Phi) is 3.68. The number of rotatable bonds is 4.